The molecule has 0 rings (SSSR count). The summed E-state index contributed by atoms with van der Waals surface area (Å²) in [5.74, 6) is 0.188. The van der Waals surface area contributed by atoms with E-state index in [1.165, 1.54) is 0 Å². The van der Waals surface area contributed by atoms with E-state index in [-0.39, 0.29) is 18.4 Å². The molecule has 0 aliphatic rings. The summed E-state index contributed by atoms with van der Waals surface area (Å²) >= 11 is 0. The standard InChI is InChI=1S/C12H25N3O3/c1-9(2)7-15-11(16)8-14-10(3)12(17)13-5-6-18-4/h9-10,14H,5-8H2,1-4H3,(H,13,17)(H,15,16). The van der Waals surface area contributed by atoms with Gasteiger partial charge in [0.25, 0.3) is 0 Å². The van der Waals surface area contributed by atoms with Crippen LogP contribution in [0.1, 0.15) is 20.8 Å². The minimum absolute atomic E-state index is 0.0970. The summed E-state index contributed by atoms with van der Waals surface area (Å²) in [5.41, 5.74) is 0. The molecule has 6 heteroatoms. The van der Waals surface area contributed by atoms with Gasteiger partial charge in [0.15, 0.2) is 0 Å². The van der Waals surface area contributed by atoms with Crippen LogP contribution in [0.2, 0.25) is 0 Å². The summed E-state index contributed by atoms with van der Waals surface area (Å²) in [6, 6.07) is -0.397. The Hall–Kier alpha value is -1.14. The summed E-state index contributed by atoms with van der Waals surface area (Å²) in [6.45, 7) is 7.52. The average molecular weight is 259 g/mol. The van der Waals surface area contributed by atoms with Gasteiger partial charge in [-0.2, -0.15) is 0 Å². The van der Waals surface area contributed by atoms with Crippen LogP contribution in [0.15, 0.2) is 0 Å². The van der Waals surface area contributed by atoms with Crippen molar-refractivity contribution in [3.63, 3.8) is 0 Å². The lowest BCUT2D eigenvalue weighted by atomic mass is 10.2. The zero-order valence-electron chi connectivity index (χ0n) is 11.7. The topological polar surface area (TPSA) is 79.5 Å². The molecule has 1 atom stereocenters. The van der Waals surface area contributed by atoms with Crippen molar-refractivity contribution in [3.05, 3.63) is 0 Å². The summed E-state index contributed by atoms with van der Waals surface area (Å²) in [7, 11) is 1.58. The Balaban J connectivity index is 3.70. The first kappa shape index (κ1) is 16.9. The van der Waals surface area contributed by atoms with Gasteiger partial charge >= 0.3 is 0 Å². The molecule has 0 aromatic rings. The van der Waals surface area contributed by atoms with Crippen LogP contribution in [0, 0.1) is 5.92 Å². The fraction of sp³-hybridized carbons (Fsp3) is 0.833. The van der Waals surface area contributed by atoms with Gasteiger partial charge in [-0.15, -0.1) is 0 Å². The van der Waals surface area contributed by atoms with E-state index in [2.05, 4.69) is 16.0 Å². The van der Waals surface area contributed by atoms with Crippen LogP contribution in [0.3, 0.4) is 0 Å². The minimum atomic E-state index is -0.397. The third-order valence-corrected chi connectivity index (χ3v) is 2.27. The first-order valence-corrected chi connectivity index (χ1v) is 6.24. The second-order valence-corrected chi connectivity index (χ2v) is 4.58. The van der Waals surface area contributed by atoms with E-state index in [0.717, 1.165) is 0 Å². The van der Waals surface area contributed by atoms with Crippen molar-refractivity contribution in [1.29, 1.82) is 0 Å². The van der Waals surface area contributed by atoms with Crippen LogP contribution >= 0.6 is 0 Å². The van der Waals surface area contributed by atoms with Crippen molar-refractivity contribution in [2.75, 3.05) is 33.4 Å². The Labute approximate surface area is 109 Å². The molecule has 0 fully saturated rings. The van der Waals surface area contributed by atoms with Gasteiger partial charge in [-0.05, 0) is 12.8 Å². The molecule has 1 unspecified atom stereocenters. The smallest absolute Gasteiger partial charge is 0.236 e. The fourth-order valence-electron chi connectivity index (χ4n) is 1.15. The van der Waals surface area contributed by atoms with Crippen molar-refractivity contribution < 1.29 is 14.3 Å². The lowest BCUT2D eigenvalue weighted by Gasteiger charge is -2.14. The normalized spacial score (nSPS) is 12.3. The molecule has 0 saturated heterocycles. The summed E-state index contributed by atoms with van der Waals surface area (Å²) < 4.78 is 4.83. The van der Waals surface area contributed by atoms with E-state index in [1.54, 1.807) is 14.0 Å². The maximum absolute atomic E-state index is 11.5. The molecule has 6 nitrogen and oxygen atoms in total. The summed E-state index contributed by atoms with van der Waals surface area (Å²) in [6.07, 6.45) is 0. The number of amides is 2. The zero-order chi connectivity index (χ0) is 14.0. The number of hydrogen-bond acceptors (Lipinski definition) is 4. The lowest BCUT2D eigenvalue weighted by molar-refractivity contribution is -0.123. The molecule has 0 bridgehead atoms. The maximum atomic E-state index is 11.5. The molecule has 0 aromatic heterocycles. The Bertz CT molecular complexity index is 257. The maximum Gasteiger partial charge on any atom is 0.236 e. The van der Waals surface area contributed by atoms with Crippen molar-refractivity contribution in [2.45, 2.75) is 26.8 Å². The lowest BCUT2D eigenvalue weighted by Crippen LogP contribution is -2.46. The van der Waals surface area contributed by atoms with E-state index < -0.39 is 6.04 Å². The number of carbonyl (C=O) groups is 2. The largest absolute Gasteiger partial charge is 0.383 e. The molecule has 106 valence electrons. The highest BCUT2D eigenvalue weighted by atomic mass is 16.5. The van der Waals surface area contributed by atoms with Gasteiger partial charge in [0, 0.05) is 20.2 Å². The Morgan fingerprint density at radius 3 is 2.39 bits per heavy atom. The molecule has 0 aliphatic heterocycles. The van der Waals surface area contributed by atoms with Gasteiger partial charge in [-0.25, -0.2) is 0 Å². The van der Waals surface area contributed by atoms with Crippen LogP contribution in [-0.2, 0) is 14.3 Å². The summed E-state index contributed by atoms with van der Waals surface area (Å²) in [4.78, 5) is 22.9. The first-order valence-electron chi connectivity index (χ1n) is 6.24. The SMILES string of the molecule is COCCNC(=O)C(C)NCC(=O)NCC(C)C. The van der Waals surface area contributed by atoms with E-state index in [9.17, 15) is 9.59 Å². The molecule has 18 heavy (non-hydrogen) atoms. The molecular weight excluding hydrogens is 234 g/mol. The van der Waals surface area contributed by atoms with Gasteiger partial charge in [0.1, 0.15) is 0 Å². The third kappa shape index (κ3) is 8.95. The monoisotopic (exact) mass is 259 g/mol. The van der Waals surface area contributed by atoms with Gasteiger partial charge in [-0.3, -0.25) is 14.9 Å². The molecule has 0 aliphatic carbocycles. The van der Waals surface area contributed by atoms with Crippen LogP contribution < -0.4 is 16.0 Å². The molecule has 0 aromatic carbocycles. The Morgan fingerprint density at radius 1 is 1.17 bits per heavy atom. The van der Waals surface area contributed by atoms with Crippen molar-refractivity contribution >= 4 is 11.8 Å². The zero-order valence-corrected chi connectivity index (χ0v) is 11.7. The van der Waals surface area contributed by atoms with E-state index >= 15 is 0 Å². The highest BCUT2D eigenvalue weighted by molar-refractivity contribution is 5.83. The fourth-order valence-corrected chi connectivity index (χ4v) is 1.15. The molecule has 0 radical (unpaired) electrons. The molecule has 2 amide bonds. The van der Waals surface area contributed by atoms with Crippen LogP contribution in [-0.4, -0.2) is 51.2 Å². The van der Waals surface area contributed by atoms with Gasteiger partial charge in [0.05, 0.1) is 19.2 Å². The van der Waals surface area contributed by atoms with E-state index in [0.29, 0.717) is 25.6 Å². The number of hydrogen-bond donors (Lipinski definition) is 3. The second-order valence-electron chi connectivity index (χ2n) is 4.58. The highest BCUT2D eigenvalue weighted by Gasteiger charge is 2.12. The highest BCUT2D eigenvalue weighted by Crippen LogP contribution is 1.87. The predicted octanol–water partition coefficient (Wildman–Crippen LogP) is -0.501. The molecule has 3 N–H and O–H groups in total. The van der Waals surface area contributed by atoms with Gasteiger partial charge in [-0.1, -0.05) is 13.8 Å². The second kappa shape index (κ2) is 9.85. The number of methoxy groups -OCH3 is 1. The quantitative estimate of drug-likeness (QED) is 0.488. The third-order valence-electron chi connectivity index (χ3n) is 2.27. The van der Waals surface area contributed by atoms with Crippen LogP contribution in [0.5, 0.6) is 0 Å². The van der Waals surface area contributed by atoms with Gasteiger partial charge in [0.2, 0.25) is 11.8 Å². The molecular formula is C12H25N3O3. The number of nitrogens with one attached hydrogen (secondary N) is 3. The Kier molecular flexibility index (Phi) is 9.22. The van der Waals surface area contributed by atoms with E-state index in [1.807, 2.05) is 13.8 Å². The van der Waals surface area contributed by atoms with Crippen LogP contribution in [0.25, 0.3) is 0 Å². The number of rotatable bonds is 9. The summed E-state index contributed by atoms with van der Waals surface area (Å²) in [5, 5.41) is 8.34. The Morgan fingerprint density at radius 2 is 1.83 bits per heavy atom. The van der Waals surface area contributed by atoms with Crippen molar-refractivity contribution in [1.82, 2.24) is 16.0 Å². The van der Waals surface area contributed by atoms with Crippen LogP contribution in [0.4, 0.5) is 0 Å². The number of carbonyl (C=O) groups excluding carboxylic acids is 2. The first-order chi connectivity index (χ1) is 8.47. The van der Waals surface area contributed by atoms with Crippen molar-refractivity contribution in [2.24, 2.45) is 5.92 Å². The molecule has 0 saturated carbocycles. The average Bonchev–Trinajstić information content (AvgIpc) is 2.33. The number of ether oxygens (including phenoxy) is 1. The minimum Gasteiger partial charge on any atom is -0.383 e. The van der Waals surface area contributed by atoms with E-state index in [4.69, 9.17) is 4.74 Å². The molecule has 0 heterocycles. The predicted molar refractivity (Wildman–Crippen MR) is 70.2 cm³/mol. The van der Waals surface area contributed by atoms with Gasteiger partial charge < -0.3 is 15.4 Å². The molecule has 0 spiro atoms. The van der Waals surface area contributed by atoms with Crippen molar-refractivity contribution in [3.8, 4) is 0 Å².